The van der Waals surface area contributed by atoms with E-state index in [-0.39, 0.29) is 12.0 Å². The lowest BCUT2D eigenvalue weighted by Crippen LogP contribution is -2.70. The second-order valence-corrected chi connectivity index (χ2v) is 3.50. The van der Waals surface area contributed by atoms with Crippen LogP contribution in [0.15, 0.2) is 0 Å². The van der Waals surface area contributed by atoms with Crippen molar-refractivity contribution in [2.24, 2.45) is 5.92 Å². The molecule has 4 nitrogen and oxygen atoms in total. The van der Waals surface area contributed by atoms with E-state index in [4.69, 9.17) is 4.74 Å². The second-order valence-electron chi connectivity index (χ2n) is 3.50. The van der Waals surface area contributed by atoms with Crippen LogP contribution < -0.4 is 0 Å². The summed E-state index contributed by atoms with van der Waals surface area (Å²) in [5.41, 5.74) is 0. The van der Waals surface area contributed by atoms with Gasteiger partial charge in [0.2, 0.25) is 0 Å². The summed E-state index contributed by atoms with van der Waals surface area (Å²) in [6.45, 7) is 1.70. The maximum Gasteiger partial charge on any atom is 0.195 e. The fourth-order valence-corrected chi connectivity index (χ4v) is 1.86. The van der Waals surface area contributed by atoms with Crippen molar-refractivity contribution in [3.63, 3.8) is 0 Å². The van der Waals surface area contributed by atoms with Gasteiger partial charge in [0.05, 0.1) is 12.2 Å². The van der Waals surface area contributed by atoms with Crippen molar-refractivity contribution in [2.45, 2.75) is 37.4 Å². The van der Waals surface area contributed by atoms with E-state index in [0.717, 1.165) is 0 Å². The molecule has 5 unspecified atom stereocenters. The van der Waals surface area contributed by atoms with Crippen molar-refractivity contribution < 1.29 is 20.1 Å². The fourth-order valence-electron chi connectivity index (χ4n) is 1.86. The fraction of sp³-hybridized carbons (Fsp3) is 1.00. The van der Waals surface area contributed by atoms with Crippen molar-refractivity contribution in [3.8, 4) is 0 Å². The normalized spacial score (nSPS) is 62.2. The first-order valence-electron chi connectivity index (χ1n) is 3.81. The molecule has 2 saturated heterocycles. The summed E-state index contributed by atoms with van der Waals surface area (Å²) >= 11 is 0. The Kier molecular flexibility index (Phi) is 1.33. The van der Waals surface area contributed by atoms with E-state index in [0.29, 0.717) is 6.42 Å². The van der Waals surface area contributed by atoms with Gasteiger partial charge in [-0.25, -0.2) is 0 Å². The monoisotopic (exact) mass is 160 g/mol. The molecular weight excluding hydrogens is 148 g/mol. The minimum absolute atomic E-state index is 0.279. The number of rotatable bonds is 0. The summed E-state index contributed by atoms with van der Waals surface area (Å²) in [7, 11) is 0. The highest BCUT2D eigenvalue weighted by atomic mass is 16.7. The maximum atomic E-state index is 9.41. The average Bonchev–Trinajstić information content (AvgIpc) is 1.91. The largest absolute Gasteiger partial charge is 0.390 e. The molecule has 0 aromatic heterocycles. The van der Waals surface area contributed by atoms with Gasteiger partial charge >= 0.3 is 0 Å². The molecule has 2 heterocycles. The Morgan fingerprint density at radius 2 is 2.00 bits per heavy atom. The van der Waals surface area contributed by atoms with E-state index in [1.54, 1.807) is 6.92 Å². The third-order valence-corrected chi connectivity index (χ3v) is 2.73. The first kappa shape index (κ1) is 7.49. The maximum absolute atomic E-state index is 9.41. The summed E-state index contributed by atoms with van der Waals surface area (Å²) in [5.74, 6) is -1.67. The van der Waals surface area contributed by atoms with E-state index in [2.05, 4.69) is 0 Å². The predicted octanol–water partition coefficient (Wildman–Crippen LogP) is -1.16. The lowest BCUT2D eigenvalue weighted by Gasteiger charge is -2.56. The third kappa shape index (κ3) is 0.780. The summed E-state index contributed by atoms with van der Waals surface area (Å²) in [6, 6.07) is 0. The van der Waals surface area contributed by atoms with E-state index >= 15 is 0 Å². The molecule has 3 fully saturated rings. The van der Waals surface area contributed by atoms with Crippen LogP contribution in [-0.4, -0.2) is 39.4 Å². The molecule has 11 heavy (non-hydrogen) atoms. The summed E-state index contributed by atoms with van der Waals surface area (Å²) in [5, 5.41) is 28.2. The number of fused-ring (bicyclic) bond motifs is 2. The van der Waals surface area contributed by atoms with Gasteiger partial charge in [-0.1, -0.05) is 6.92 Å². The highest BCUT2D eigenvalue weighted by Gasteiger charge is 2.60. The smallest absolute Gasteiger partial charge is 0.195 e. The average molecular weight is 160 g/mol. The van der Waals surface area contributed by atoms with Crippen molar-refractivity contribution in [3.05, 3.63) is 0 Å². The Labute approximate surface area is 64.4 Å². The van der Waals surface area contributed by atoms with Crippen LogP contribution in [0.4, 0.5) is 0 Å². The van der Waals surface area contributed by atoms with Crippen LogP contribution in [0.2, 0.25) is 0 Å². The molecule has 0 radical (unpaired) electrons. The zero-order valence-corrected chi connectivity index (χ0v) is 6.27. The molecule has 3 N–H and O–H groups in total. The number of ether oxygens (including phenoxy) is 1. The molecule has 1 saturated carbocycles. The Balaban J connectivity index is 2.19. The first-order chi connectivity index (χ1) is 5.04. The quantitative estimate of drug-likeness (QED) is 0.418. The molecule has 1 aliphatic carbocycles. The van der Waals surface area contributed by atoms with Crippen LogP contribution in [-0.2, 0) is 4.74 Å². The summed E-state index contributed by atoms with van der Waals surface area (Å²) < 4.78 is 4.91. The van der Waals surface area contributed by atoms with E-state index < -0.39 is 18.0 Å². The highest BCUT2D eigenvalue weighted by Crippen LogP contribution is 2.45. The lowest BCUT2D eigenvalue weighted by molar-refractivity contribution is -0.412. The van der Waals surface area contributed by atoms with Gasteiger partial charge in [-0.05, 0) is 0 Å². The summed E-state index contributed by atoms with van der Waals surface area (Å²) in [4.78, 5) is 0. The van der Waals surface area contributed by atoms with Gasteiger partial charge in [0.1, 0.15) is 6.10 Å². The van der Waals surface area contributed by atoms with Crippen LogP contribution in [0, 0.1) is 5.92 Å². The number of aliphatic hydroxyl groups is 3. The minimum atomic E-state index is -1.37. The molecule has 2 bridgehead atoms. The molecule has 0 amide bonds. The molecule has 0 aromatic carbocycles. The van der Waals surface area contributed by atoms with Crippen molar-refractivity contribution in [2.75, 3.05) is 0 Å². The predicted molar refractivity (Wildman–Crippen MR) is 35.6 cm³/mol. The molecule has 5 atom stereocenters. The topological polar surface area (TPSA) is 69.9 Å². The number of aliphatic hydroxyl groups excluding tert-OH is 2. The van der Waals surface area contributed by atoms with Crippen LogP contribution in [0.3, 0.4) is 0 Å². The third-order valence-electron chi connectivity index (χ3n) is 2.73. The van der Waals surface area contributed by atoms with E-state index in [1.165, 1.54) is 0 Å². The van der Waals surface area contributed by atoms with Crippen molar-refractivity contribution >= 4 is 0 Å². The highest BCUT2D eigenvalue weighted by molar-refractivity contribution is 5.03. The SMILES string of the molecule is CC1C(O)C2CC(O)(O2)C1O. The van der Waals surface area contributed by atoms with Gasteiger partial charge in [0.25, 0.3) is 0 Å². The van der Waals surface area contributed by atoms with Crippen molar-refractivity contribution in [1.29, 1.82) is 0 Å². The summed E-state index contributed by atoms with van der Waals surface area (Å²) in [6.07, 6.45) is -1.53. The molecule has 64 valence electrons. The second kappa shape index (κ2) is 1.95. The van der Waals surface area contributed by atoms with Gasteiger partial charge in [-0.3, -0.25) is 0 Å². The first-order valence-corrected chi connectivity index (χ1v) is 3.81. The molecule has 0 aromatic rings. The molecule has 2 aliphatic heterocycles. The van der Waals surface area contributed by atoms with Crippen LogP contribution in [0.25, 0.3) is 0 Å². The van der Waals surface area contributed by atoms with E-state index in [9.17, 15) is 15.3 Å². The van der Waals surface area contributed by atoms with Gasteiger partial charge in [-0.2, -0.15) is 0 Å². The van der Waals surface area contributed by atoms with Gasteiger partial charge in [0, 0.05) is 12.3 Å². The molecule has 4 heteroatoms. The minimum Gasteiger partial charge on any atom is -0.390 e. The van der Waals surface area contributed by atoms with Crippen LogP contribution >= 0.6 is 0 Å². The Morgan fingerprint density at radius 1 is 1.45 bits per heavy atom. The zero-order valence-electron chi connectivity index (χ0n) is 6.27. The Hall–Kier alpha value is -0.160. The zero-order chi connectivity index (χ0) is 8.22. The van der Waals surface area contributed by atoms with Gasteiger partial charge in [-0.15, -0.1) is 0 Å². The van der Waals surface area contributed by atoms with Crippen LogP contribution in [0.5, 0.6) is 0 Å². The molecule has 3 aliphatic rings. The Bertz CT molecular complexity index is 175. The Morgan fingerprint density at radius 3 is 2.45 bits per heavy atom. The van der Waals surface area contributed by atoms with E-state index in [1.807, 2.05) is 0 Å². The molecular formula is C7H12O4. The standard InChI is InChI=1S/C7H12O4/c1-3-5(8)4-2-7(10,11-4)6(3)9/h3-6,8-10H,2H2,1H3. The number of hydrogen-bond acceptors (Lipinski definition) is 4. The van der Waals surface area contributed by atoms with Crippen LogP contribution in [0.1, 0.15) is 13.3 Å². The number of hydrogen-bond donors (Lipinski definition) is 3. The lowest BCUT2D eigenvalue weighted by atomic mass is 9.74. The molecule has 0 spiro atoms. The molecule has 3 rings (SSSR count). The van der Waals surface area contributed by atoms with Crippen molar-refractivity contribution in [1.82, 2.24) is 0 Å². The van der Waals surface area contributed by atoms with Gasteiger partial charge < -0.3 is 20.1 Å². The van der Waals surface area contributed by atoms with Gasteiger partial charge in [0.15, 0.2) is 5.79 Å².